The molecule has 0 saturated carbocycles. The number of hydrogen-bond acceptors (Lipinski definition) is 2. The van der Waals surface area contributed by atoms with Gasteiger partial charge in [0, 0.05) is 23.2 Å². The van der Waals surface area contributed by atoms with Crippen LogP contribution in [0.1, 0.15) is 13.3 Å². The number of nitrogen functional groups attached to an aromatic ring is 1. The summed E-state index contributed by atoms with van der Waals surface area (Å²) < 4.78 is 1.82. The van der Waals surface area contributed by atoms with Gasteiger partial charge in [-0.25, -0.2) is 4.68 Å². The van der Waals surface area contributed by atoms with Gasteiger partial charge in [0.2, 0.25) is 0 Å². The Labute approximate surface area is 99.8 Å². The van der Waals surface area contributed by atoms with E-state index in [2.05, 4.69) is 12.0 Å². The van der Waals surface area contributed by atoms with Crippen LogP contribution in [0.25, 0.3) is 11.3 Å². The zero-order chi connectivity index (χ0) is 11.5. The molecule has 0 saturated heterocycles. The molecule has 0 bridgehead atoms. The van der Waals surface area contributed by atoms with Gasteiger partial charge in [0.15, 0.2) is 0 Å². The largest absolute Gasteiger partial charge is 0.384 e. The van der Waals surface area contributed by atoms with Gasteiger partial charge in [-0.15, -0.1) is 0 Å². The smallest absolute Gasteiger partial charge is 0.122 e. The predicted octanol–water partition coefficient (Wildman–Crippen LogP) is 3.20. The van der Waals surface area contributed by atoms with Crippen molar-refractivity contribution >= 4 is 17.4 Å². The highest BCUT2D eigenvalue weighted by molar-refractivity contribution is 6.30. The zero-order valence-corrected chi connectivity index (χ0v) is 9.91. The van der Waals surface area contributed by atoms with E-state index < -0.39 is 0 Å². The molecule has 0 amide bonds. The summed E-state index contributed by atoms with van der Waals surface area (Å²) in [6, 6.07) is 9.50. The van der Waals surface area contributed by atoms with E-state index in [1.807, 2.05) is 35.0 Å². The van der Waals surface area contributed by atoms with E-state index >= 15 is 0 Å². The number of benzene rings is 1. The number of halogens is 1. The lowest BCUT2D eigenvalue weighted by Crippen LogP contribution is -2.03. The van der Waals surface area contributed by atoms with Crippen LogP contribution in [0.5, 0.6) is 0 Å². The Morgan fingerprint density at radius 3 is 2.88 bits per heavy atom. The molecule has 16 heavy (non-hydrogen) atoms. The Balaban J connectivity index is 2.37. The van der Waals surface area contributed by atoms with E-state index in [1.54, 1.807) is 0 Å². The summed E-state index contributed by atoms with van der Waals surface area (Å²) in [6.07, 6.45) is 1.01. The summed E-state index contributed by atoms with van der Waals surface area (Å²) in [7, 11) is 0. The molecule has 0 fully saturated rings. The van der Waals surface area contributed by atoms with Gasteiger partial charge < -0.3 is 5.73 Å². The molecule has 2 rings (SSSR count). The first-order chi connectivity index (χ1) is 7.70. The van der Waals surface area contributed by atoms with Crippen LogP contribution in [-0.4, -0.2) is 9.78 Å². The van der Waals surface area contributed by atoms with Gasteiger partial charge in [0.25, 0.3) is 0 Å². The predicted molar refractivity (Wildman–Crippen MR) is 67.4 cm³/mol. The quantitative estimate of drug-likeness (QED) is 0.888. The lowest BCUT2D eigenvalue weighted by atomic mass is 10.1. The molecule has 4 heteroatoms. The third-order valence-electron chi connectivity index (χ3n) is 2.37. The molecule has 1 aromatic heterocycles. The molecule has 2 aromatic rings. The van der Waals surface area contributed by atoms with E-state index in [0.29, 0.717) is 10.8 Å². The van der Waals surface area contributed by atoms with Crippen molar-refractivity contribution in [3.8, 4) is 11.3 Å². The van der Waals surface area contributed by atoms with Crippen LogP contribution in [0.15, 0.2) is 30.3 Å². The first kappa shape index (κ1) is 11.0. The van der Waals surface area contributed by atoms with Crippen LogP contribution >= 0.6 is 11.6 Å². The van der Waals surface area contributed by atoms with Crippen LogP contribution < -0.4 is 5.73 Å². The highest BCUT2D eigenvalue weighted by Gasteiger charge is 2.06. The summed E-state index contributed by atoms with van der Waals surface area (Å²) in [5.74, 6) is 0.692. The van der Waals surface area contributed by atoms with Crippen molar-refractivity contribution in [3.63, 3.8) is 0 Å². The third kappa shape index (κ3) is 2.19. The Hall–Kier alpha value is -1.48. The fraction of sp³-hybridized carbons (Fsp3) is 0.250. The number of aryl methyl sites for hydroxylation is 1. The molecule has 0 atom stereocenters. The lowest BCUT2D eigenvalue weighted by Gasteiger charge is -1.99. The summed E-state index contributed by atoms with van der Waals surface area (Å²) >= 11 is 5.94. The zero-order valence-electron chi connectivity index (χ0n) is 9.15. The van der Waals surface area contributed by atoms with Gasteiger partial charge in [0.05, 0.1) is 5.69 Å². The summed E-state index contributed by atoms with van der Waals surface area (Å²) in [5, 5.41) is 5.15. The third-order valence-corrected chi connectivity index (χ3v) is 2.60. The highest BCUT2D eigenvalue weighted by Crippen LogP contribution is 2.23. The van der Waals surface area contributed by atoms with Crippen LogP contribution in [0.3, 0.4) is 0 Å². The normalized spacial score (nSPS) is 10.6. The Bertz CT molecular complexity index is 491. The van der Waals surface area contributed by atoms with Gasteiger partial charge in [0.1, 0.15) is 5.82 Å². The molecule has 0 unspecified atom stereocenters. The number of rotatable bonds is 3. The molecule has 3 nitrogen and oxygen atoms in total. The number of nitrogens with zero attached hydrogens (tertiary/aromatic N) is 2. The molecule has 0 spiro atoms. The molecule has 0 aliphatic rings. The van der Waals surface area contributed by atoms with Crippen molar-refractivity contribution in [1.29, 1.82) is 0 Å². The molecule has 2 N–H and O–H groups in total. The molecule has 0 aliphatic heterocycles. The number of anilines is 1. The van der Waals surface area contributed by atoms with Crippen LogP contribution in [-0.2, 0) is 6.54 Å². The molecule has 0 radical (unpaired) electrons. The SMILES string of the molecule is CCCn1nc(-c2cccc(Cl)c2)cc1N. The van der Waals surface area contributed by atoms with Crippen molar-refractivity contribution in [1.82, 2.24) is 9.78 Å². The average molecular weight is 236 g/mol. The summed E-state index contributed by atoms with van der Waals surface area (Å²) in [6.45, 7) is 2.94. The van der Waals surface area contributed by atoms with Gasteiger partial charge in [-0.05, 0) is 18.6 Å². The van der Waals surface area contributed by atoms with E-state index in [4.69, 9.17) is 17.3 Å². The van der Waals surface area contributed by atoms with E-state index in [9.17, 15) is 0 Å². The second-order valence-corrected chi connectivity index (χ2v) is 4.12. The molecular formula is C12H14ClN3. The first-order valence-electron chi connectivity index (χ1n) is 5.30. The lowest BCUT2D eigenvalue weighted by molar-refractivity contribution is 0.613. The van der Waals surface area contributed by atoms with Crippen LogP contribution in [0, 0.1) is 0 Å². The number of hydrogen-bond donors (Lipinski definition) is 1. The second-order valence-electron chi connectivity index (χ2n) is 3.69. The fourth-order valence-electron chi connectivity index (χ4n) is 1.61. The monoisotopic (exact) mass is 235 g/mol. The van der Waals surface area contributed by atoms with Gasteiger partial charge in [-0.1, -0.05) is 30.7 Å². The Kier molecular flexibility index (Phi) is 3.15. The molecule has 1 heterocycles. The maximum Gasteiger partial charge on any atom is 0.122 e. The molecule has 1 aromatic carbocycles. The van der Waals surface area contributed by atoms with E-state index in [0.717, 1.165) is 24.2 Å². The van der Waals surface area contributed by atoms with Crippen molar-refractivity contribution < 1.29 is 0 Å². The average Bonchev–Trinajstić information content (AvgIpc) is 2.61. The minimum atomic E-state index is 0.692. The topological polar surface area (TPSA) is 43.8 Å². The standard InChI is InChI=1S/C12H14ClN3/c1-2-6-16-12(14)8-11(15-16)9-4-3-5-10(13)7-9/h3-5,7-8H,2,6,14H2,1H3. The van der Waals surface area contributed by atoms with Crippen molar-refractivity contribution in [2.24, 2.45) is 0 Å². The van der Waals surface area contributed by atoms with E-state index in [-0.39, 0.29) is 0 Å². The van der Waals surface area contributed by atoms with Crippen molar-refractivity contribution in [3.05, 3.63) is 35.4 Å². The van der Waals surface area contributed by atoms with Crippen molar-refractivity contribution in [2.45, 2.75) is 19.9 Å². The summed E-state index contributed by atoms with van der Waals surface area (Å²) in [4.78, 5) is 0. The fourth-order valence-corrected chi connectivity index (χ4v) is 1.80. The maximum atomic E-state index is 5.94. The Morgan fingerprint density at radius 2 is 2.19 bits per heavy atom. The minimum absolute atomic E-state index is 0.692. The number of nitrogens with two attached hydrogens (primary N) is 1. The highest BCUT2D eigenvalue weighted by atomic mass is 35.5. The van der Waals surface area contributed by atoms with Gasteiger partial charge >= 0.3 is 0 Å². The molecule has 84 valence electrons. The number of aromatic nitrogens is 2. The Morgan fingerprint density at radius 1 is 1.38 bits per heavy atom. The summed E-state index contributed by atoms with van der Waals surface area (Å²) in [5.41, 5.74) is 7.73. The first-order valence-corrected chi connectivity index (χ1v) is 5.67. The van der Waals surface area contributed by atoms with Gasteiger partial charge in [-0.3, -0.25) is 0 Å². The van der Waals surface area contributed by atoms with Crippen LogP contribution in [0.4, 0.5) is 5.82 Å². The minimum Gasteiger partial charge on any atom is -0.384 e. The van der Waals surface area contributed by atoms with Crippen LogP contribution in [0.2, 0.25) is 5.02 Å². The molecular weight excluding hydrogens is 222 g/mol. The second kappa shape index (κ2) is 4.58. The maximum absolute atomic E-state index is 5.94. The molecule has 0 aliphatic carbocycles. The van der Waals surface area contributed by atoms with E-state index in [1.165, 1.54) is 0 Å². The van der Waals surface area contributed by atoms with Crippen molar-refractivity contribution in [2.75, 3.05) is 5.73 Å². The van der Waals surface area contributed by atoms with Gasteiger partial charge in [-0.2, -0.15) is 5.10 Å².